The number of carbonyl (C=O) groups excluding carboxylic acids is 1. The molecule has 0 bridgehead atoms. The molecular weight excluding hydrogens is 406 g/mol. The molecule has 0 radical (unpaired) electrons. The van der Waals surface area contributed by atoms with Gasteiger partial charge in [0, 0.05) is 29.2 Å². The van der Waals surface area contributed by atoms with Gasteiger partial charge in [-0.3, -0.25) is 14.4 Å². The van der Waals surface area contributed by atoms with E-state index in [-0.39, 0.29) is 16.8 Å². The Labute approximate surface area is 183 Å². The highest BCUT2D eigenvalue weighted by atomic mass is 16.2. The van der Waals surface area contributed by atoms with Crippen molar-refractivity contribution in [3.63, 3.8) is 0 Å². The zero-order valence-corrected chi connectivity index (χ0v) is 17.7. The lowest BCUT2D eigenvalue weighted by Crippen LogP contribution is -2.27. The van der Waals surface area contributed by atoms with Crippen molar-refractivity contribution in [3.8, 4) is 11.3 Å². The molecule has 0 atom stereocenters. The van der Waals surface area contributed by atoms with Gasteiger partial charge in [0.25, 0.3) is 17.0 Å². The van der Waals surface area contributed by atoms with Crippen molar-refractivity contribution in [1.82, 2.24) is 20.0 Å². The van der Waals surface area contributed by atoms with Crippen LogP contribution in [0.5, 0.6) is 0 Å². The number of anilines is 1. The molecule has 2 N–H and O–H groups in total. The lowest BCUT2D eigenvalue weighted by Gasteiger charge is -2.12. The van der Waals surface area contributed by atoms with E-state index >= 15 is 0 Å². The number of nitrogens with one attached hydrogen (secondary N) is 2. The van der Waals surface area contributed by atoms with E-state index in [0.29, 0.717) is 28.7 Å². The van der Waals surface area contributed by atoms with Crippen LogP contribution in [0.15, 0.2) is 70.3 Å². The van der Waals surface area contributed by atoms with Crippen molar-refractivity contribution in [2.75, 3.05) is 5.32 Å². The number of carbonyl (C=O) groups is 1. The Bertz CT molecular complexity index is 1370. The second-order valence-corrected chi connectivity index (χ2v) is 7.47. The molecule has 0 spiro atoms. The molecule has 8 nitrogen and oxygen atoms in total. The van der Waals surface area contributed by atoms with Crippen molar-refractivity contribution < 1.29 is 4.79 Å². The van der Waals surface area contributed by atoms with Crippen LogP contribution in [-0.2, 0) is 6.54 Å². The molecule has 2 heterocycles. The summed E-state index contributed by atoms with van der Waals surface area (Å²) in [5, 5.41) is 14.7. The van der Waals surface area contributed by atoms with Gasteiger partial charge in [0.05, 0.1) is 11.1 Å². The van der Waals surface area contributed by atoms with Crippen LogP contribution in [0.4, 0.5) is 5.69 Å². The van der Waals surface area contributed by atoms with Crippen molar-refractivity contribution in [2.45, 2.75) is 32.7 Å². The number of hydrogen-bond donors (Lipinski definition) is 2. The molecule has 2 aromatic carbocycles. The molecule has 4 rings (SSSR count). The van der Waals surface area contributed by atoms with Gasteiger partial charge in [-0.05, 0) is 30.7 Å². The summed E-state index contributed by atoms with van der Waals surface area (Å²) in [4.78, 5) is 37.2. The van der Waals surface area contributed by atoms with E-state index in [1.165, 1.54) is 10.7 Å². The Hall–Kier alpha value is -4.07. The van der Waals surface area contributed by atoms with Crippen LogP contribution in [0.3, 0.4) is 0 Å². The zero-order valence-electron chi connectivity index (χ0n) is 17.7. The third kappa shape index (κ3) is 4.49. The van der Waals surface area contributed by atoms with Crippen LogP contribution in [-0.4, -0.2) is 25.9 Å². The Morgan fingerprint density at radius 3 is 2.56 bits per heavy atom. The number of amides is 1. The number of aromatic nitrogens is 4. The highest BCUT2D eigenvalue weighted by Crippen LogP contribution is 2.21. The second-order valence-electron chi connectivity index (χ2n) is 7.47. The third-order valence-electron chi connectivity index (χ3n) is 5.15. The second kappa shape index (κ2) is 9.38. The number of H-pyrrole nitrogens is 1. The van der Waals surface area contributed by atoms with Crippen molar-refractivity contribution in [3.05, 3.63) is 87.1 Å². The number of nitrogens with zero attached hydrogens (tertiary/aromatic N) is 3. The molecule has 1 amide bonds. The number of rotatable bonds is 7. The molecule has 2 aromatic heterocycles. The van der Waals surface area contributed by atoms with E-state index in [4.69, 9.17) is 0 Å². The minimum Gasteiger partial charge on any atom is -0.321 e. The van der Waals surface area contributed by atoms with E-state index in [2.05, 4.69) is 27.5 Å². The summed E-state index contributed by atoms with van der Waals surface area (Å²) in [6, 6.07) is 17.2. The van der Waals surface area contributed by atoms with Gasteiger partial charge in [0.2, 0.25) is 0 Å². The smallest absolute Gasteiger partial charge is 0.276 e. The topological polar surface area (TPSA) is 110 Å². The molecule has 0 saturated carbocycles. The van der Waals surface area contributed by atoms with E-state index in [1.807, 2.05) is 6.07 Å². The van der Waals surface area contributed by atoms with Gasteiger partial charge >= 0.3 is 0 Å². The summed E-state index contributed by atoms with van der Waals surface area (Å²) in [5.74, 6) is -0.406. The largest absolute Gasteiger partial charge is 0.321 e. The van der Waals surface area contributed by atoms with E-state index in [0.717, 1.165) is 24.8 Å². The maximum atomic E-state index is 13.2. The molecule has 0 aliphatic heterocycles. The predicted molar refractivity (Wildman–Crippen MR) is 124 cm³/mol. The molecule has 162 valence electrons. The van der Waals surface area contributed by atoms with Crippen LogP contribution in [0.25, 0.3) is 22.0 Å². The minimum absolute atomic E-state index is 0.195. The summed E-state index contributed by atoms with van der Waals surface area (Å²) in [5.41, 5.74) is 1.58. The highest BCUT2D eigenvalue weighted by molar-refractivity contribution is 6.11. The first-order valence-electron chi connectivity index (χ1n) is 10.5. The molecule has 0 aliphatic carbocycles. The van der Waals surface area contributed by atoms with Gasteiger partial charge < -0.3 is 5.32 Å². The molecule has 0 unspecified atom stereocenters. The summed E-state index contributed by atoms with van der Waals surface area (Å²) in [6.45, 7) is 2.55. The van der Waals surface area contributed by atoms with E-state index in [1.54, 1.807) is 48.5 Å². The average Bonchev–Trinajstić information content (AvgIpc) is 2.81. The van der Waals surface area contributed by atoms with Gasteiger partial charge in [0.15, 0.2) is 5.69 Å². The fourth-order valence-electron chi connectivity index (χ4n) is 3.52. The Morgan fingerprint density at radius 2 is 1.81 bits per heavy atom. The van der Waals surface area contributed by atoms with Gasteiger partial charge in [-0.25, -0.2) is 9.78 Å². The summed E-state index contributed by atoms with van der Waals surface area (Å²) >= 11 is 0. The average molecular weight is 429 g/mol. The fourth-order valence-corrected chi connectivity index (χ4v) is 3.52. The Morgan fingerprint density at radius 1 is 1.00 bits per heavy atom. The Kier molecular flexibility index (Phi) is 6.21. The first-order chi connectivity index (χ1) is 15.6. The lowest BCUT2D eigenvalue weighted by atomic mass is 10.1. The van der Waals surface area contributed by atoms with Gasteiger partial charge in [0.1, 0.15) is 0 Å². The van der Waals surface area contributed by atoms with Crippen LogP contribution in [0.2, 0.25) is 0 Å². The van der Waals surface area contributed by atoms with E-state index < -0.39 is 5.91 Å². The lowest BCUT2D eigenvalue weighted by molar-refractivity contribution is 0.102. The SMILES string of the molecule is CCCCCn1nc(C(=O)Nc2cccc(-c3ccc(=O)[nH]n3)c2)c2ccccc2c1=O. The predicted octanol–water partition coefficient (Wildman–Crippen LogP) is 3.59. The maximum Gasteiger partial charge on any atom is 0.276 e. The van der Waals surface area contributed by atoms with E-state index in [9.17, 15) is 14.4 Å². The quantitative estimate of drug-likeness (QED) is 0.436. The molecule has 4 aromatic rings. The van der Waals surface area contributed by atoms with Crippen molar-refractivity contribution in [1.29, 1.82) is 0 Å². The maximum absolute atomic E-state index is 13.2. The molecule has 8 heteroatoms. The van der Waals surface area contributed by atoms with Gasteiger partial charge in [-0.15, -0.1) is 0 Å². The fraction of sp³-hybridized carbons (Fsp3) is 0.208. The van der Waals surface area contributed by atoms with Crippen LogP contribution < -0.4 is 16.4 Å². The van der Waals surface area contributed by atoms with Crippen LogP contribution in [0, 0.1) is 0 Å². The Balaban J connectivity index is 1.67. The molecule has 0 saturated heterocycles. The minimum atomic E-state index is -0.406. The summed E-state index contributed by atoms with van der Waals surface area (Å²) in [7, 11) is 0. The summed E-state index contributed by atoms with van der Waals surface area (Å²) in [6.07, 6.45) is 2.82. The first kappa shape index (κ1) is 21.2. The normalized spacial score (nSPS) is 10.9. The number of aryl methyl sites for hydroxylation is 1. The first-order valence-corrected chi connectivity index (χ1v) is 10.5. The van der Waals surface area contributed by atoms with Crippen LogP contribution >= 0.6 is 0 Å². The molecule has 32 heavy (non-hydrogen) atoms. The highest BCUT2D eigenvalue weighted by Gasteiger charge is 2.17. The number of fused-ring (bicyclic) bond motifs is 1. The summed E-state index contributed by atoms with van der Waals surface area (Å²) < 4.78 is 1.38. The van der Waals surface area contributed by atoms with Gasteiger partial charge in [-0.1, -0.05) is 50.1 Å². The zero-order chi connectivity index (χ0) is 22.5. The van der Waals surface area contributed by atoms with Crippen molar-refractivity contribution >= 4 is 22.4 Å². The molecule has 0 aliphatic rings. The number of aromatic amines is 1. The number of benzene rings is 2. The molecule has 0 fully saturated rings. The standard InChI is InChI=1S/C24H23N5O3/c1-2-3-6-14-29-24(32)19-11-5-4-10-18(19)22(28-29)23(31)25-17-9-7-8-16(15-17)20-12-13-21(30)27-26-20/h4-5,7-13,15H,2-3,6,14H2,1H3,(H,25,31)(H,27,30). The monoisotopic (exact) mass is 429 g/mol. The third-order valence-corrected chi connectivity index (χ3v) is 5.15. The molecular formula is C24H23N5O3. The van der Waals surface area contributed by atoms with Gasteiger partial charge in [-0.2, -0.15) is 10.2 Å². The number of hydrogen-bond acceptors (Lipinski definition) is 5. The van der Waals surface area contributed by atoms with Crippen LogP contribution in [0.1, 0.15) is 36.7 Å². The number of unbranched alkanes of at least 4 members (excludes halogenated alkanes) is 2. The van der Waals surface area contributed by atoms with Crippen molar-refractivity contribution in [2.24, 2.45) is 0 Å².